The fourth-order valence-corrected chi connectivity index (χ4v) is 2.72. The van der Waals surface area contributed by atoms with Gasteiger partial charge in [-0.3, -0.25) is 4.79 Å². The molecule has 0 radical (unpaired) electrons. The standard InChI is InChI=1S/C20H30N2O6/c1-5-14(4)20(21,13-23)18(24)22(19(25)26)11-10-15-8-9-16(27-6-2)17(12-15)28-7-3/h8-9,12-14H,5-7,10-11,21H2,1-4H3,(H,25,26)/t14-,20-/m0/s1. The predicted octanol–water partition coefficient (Wildman–Crippen LogP) is 2.48. The molecule has 0 fully saturated rings. The normalized spacial score (nSPS) is 13.9. The first-order valence-corrected chi connectivity index (χ1v) is 9.43. The topological polar surface area (TPSA) is 119 Å². The molecule has 0 spiro atoms. The third kappa shape index (κ3) is 5.45. The summed E-state index contributed by atoms with van der Waals surface area (Å²) in [5, 5.41) is 9.48. The zero-order valence-corrected chi connectivity index (χ0v) is 16.9. The Hall–Kier alpha value is -2.61. The monoisotopic (exact) mass is 394 g/mol. The molecule has 0 saturated heterocycles. The van der Waals surface area contributed by atoms with Gasteiger partial charge in [0.1, 0.15) is 6.29 Å². The number of carbonyl (C=O) groups excluding carboxylic acids is 2. The van der Waals surface area contributed by atoms with E-state index in [1.54, 1.807) is 32.0 Å². The summed E-state index contributed by atoms with van der Waals surface area (Å²) in [6.45, 7) is 7.95. The second-order valence-electron chi connectivity index (χ2n) is 6.50. The Morgan fingerprint density at radius 2 is 1.82 bits per heavy atom. The largest absolute Gasteiger partial charge is 0.490 e. The first-order valence-electron chi connectivity index (χ1n) is 9.43. The number of hydrogen-bond acceptors (Lipinski definition) is 6. The van der Waals surface area contributed by atoms with E-state index in [9.17, 15) is 19.5 Å². The number of hydrogen-bond donors (Lipinski definition) is 2. The Kier molecular flexibility index (Phi) is 8.91. The number of benzene rings is 1. The van der Waals surface area contributed by atoms with Gasteiger partial charge in [-0.15, -0.1) is 0 Å². The summed E-state index contributed by atoms with van der Waals surface area (Å²) in [5.41, 5.74) is 4.85. The Balaban J connectivity index is 3.03. The number of nitrogens with zero attached hydrogens (tertiary/aromatic N) is 1. The van der Waals surface area contributed by atoms with E-state index in [1.807, 2.05) is 13.8 Å². The summed E-state index contributed by atoms with van der Waals surface area (Å²) < 4.78 is 11.1. The van der Waals surface area contributed by atoms with Crippen LogP contribution in [0.1, 0.15) is 39.7 Å². The maximum absolute atomic E-state index is 12.7. The fraction of sp³-hybridized carbons (Fsp3) is 0.550. The van der Waals surface area contributed by atoms with Gasteiger partial charge >= 0.3 is 6.09 Å². The van der Waals surface area contributed by atoms with E-state index >= 15 is 0 Å². The van der Waals surface area contributed by atoms with E-state index in [1.165, 1.54) is 0 Å². The molecule has 28 heavy (non-hydrogen) atoms. The van der Waals surface area contributed by atoms with E-state index < -0.39 is 23.5 Å². The zero-order chi connectivity index (χ0) is 21.3. The van der Waals surface area contributed by atoms with Gasteiger partial charge in [0.05, 0.1) is 13.2 Å². The average molecular weight is 394 g/mol. The third-order valence-electron chi connectivity index (χ3n) is 4.70. The minimum absolute atomic E-state index is 0.128. The summed E-state index contributed by atoms with van der Waals surface area (Å²) in [7, 11) is 0. The SMILES string of the molecule is CCOc1ccc(CCN(C(=O)O)C(=O)[C@](N)(C=O)[C@@H](C)CC)cc1OCC. The van der Waals surface area contributed by atoms with Crippen molar-refractivity contribution in [2.45, 2.75) is 46.1 Å². The summed E-state index contributed by atoms with van der Waals surface area (Å²) in [6, 6.07) is 5.28. The van der Waals surface area contributed by atoms with Crippen LogP contribution in [0.25, 0.3) is 0 Å². The number of aldehydes is 1. The predicted molar refractivity (Wildman–Crippen MR) is 105 cm³/mol. The van der Waals surface area contributed by atoms with Gasteiger partial charge in [0, 0.05) is 6.54 Å². The summed E-state index contributed by atoms with van der Waals surface area (Å²) in [5.74, 6) is -0.261. The Bertz CT molecular complexity index is 693. The summed E-state index contributed by atoms with van der Waals surface area (Å²) in [6.07, 6.45) is -0.393. The Morgan fingerprint density at radius 3 is 2.32 bits per heavy atom. The van der Waals surface area contributed by atoms with Crippen LogP contribution in [0.5, 0.6) is 11.5 Å². The van der Waals surface area contributed by atoms with Crippen molar-refractivity contribution in [2.24, 2.45) is 11.7 Å². The molecule has 156 valence electrons. The smallest absolute Gasteiger partial charge is 0.414 e. The molecule has 0 unspecified atom stereocenters. The number of imide groups is 1. The van der Waals surface area contributed by atoms with Crippen LogP contribution in [0, 0.1) is 5.92 Å². The number of carbonyl (C=O) groups is 3. The number of nitrogens with two attached hydrogens (primary N) is 1. The molecule has 2 amide bonds. The molecule has 0 bridgehead atoms. The molecule has 3 N–H and O–H groups in total. The second kappa shape index (κ2) is 10.7. The van der Waals surface area contributed by atoms with Gasteiger partial charge in [0.2, 0.25) is 0 Å². The zero-order valence-electron chi connectivity index (χ0n) is 16.9. The second-order valence-corrected chi connectivity index (χ2v) is 6.50. The van der Waals surface area contributed by atoms with Gasteiger partial charge in [-0.05, 0) is 43.9 Å². The van der Waals surface area contributed by atoms with Crippen LogP contribution in [-0.2, 0) is 16.0 Å². The highest BCUT2D eigenvalue weighted by atomic mass is 16.5. The van der Waals surface area contributed by atoms with E-state index in [0.717, 1.165) is 5.56 Å². The molecule has 0 saturated carbocycles. The Labute approximate surface area is 165 Å². The van der Waals surface area contributed by atoms with Crippen LogP contribution in [0.4, 0.5) is 4.79 Å². The maximum atomic E-state index is 12.7. The van der Waals surface area contributed by atoms with E-state index in [0.29, 0.717) is 42.3 Å². The number of carboxylic acid groups (broad SMARTS) is 1. The van der Waals surface area contributed by atoms with Gasteiger partial charge in [-0.1, -0.05) is 26.3 Å². The molecule has 0 aliphatic rings. The lowest BCUT2D eigenvalue weighted by Crippen LogP contribution is -2.61. The van der Waals surface area contributed by atoms with Crippen molar-refractivity contribution in [2.75, 3.05) is 19.8 Å². The Morgan fingerprint density at radius 1 is 1.21 bits per heavy atom. The molecule has 1 rings (SSSR count). The van der Waals surface area contributed by atoms with E-state index in [2.05, 4.69) is 0 Å². The molecule has 2 atom stereocenters. The highest BCUT2D eigenvalue weighted by Gasteiger charge is 2.43. The minimum Gasteiger partial charge on any atom is -0.490 e. The van der Waals surface area contributed by atoms with Gasteiger partial charge in [-0.2, -0.15) is 0 Å². The quantitative estimate of drug-likeness (QED) is 0.437. The molecule has 8 heteroatoms. The van der Waals surface area contributed by atoms with Crippen molar-refractivity contribution >= 4 is 18.3 Å². The van der Waals surface area contributed by atoms with Crippen molar-refractivity contribution in [1.29, 1.82) is 0 Å². The van der Waals surface area contributed by atoms with Crippen molar-refractivity contribution < 1.29 is 29.0 Å². The van der Waals surface area contributed by atoms with Gasteiger partial charge in [0.25, 0.3) is 5.91 Å². The number of ether oxygens (including phenoxy) is 2. The van der Waals surface area contributed by atoms with Crippen LogP contribution in [0.3, 0.4) is 0 Å². The molecule has 0 aliphatic carbocycles. The van der Waals surface area contributed by atoms with Crippen molar-refractivity contribution in [3.05, 3.63) is 23.8 Å². The van der Waals surface area contributed by atoms with Gasteiger partial charge in [0.15, 0.2) is 17.0 Å². The van der Waals surface area contributed by atoms with E-state index in [-0.39, 0.29) is 13.0 Å². The molecule has 8 nitrogen and oxygen atoms in total. The third-order valence-corrected chi connectivity index (χ3v) is 4.70. The lowest BCUT2D eigenvalue weighted by Gasteiger charge is -2.31. The summed E-state index contributed by atoms with van der Waals surface area (Å²) >= 11 is 0. The van der Waals surface area contributed by atoms with E-state index in [4.69, 9.17) is 15.2 Å². The fourth-order valence-electron chi connectivity index (χ4n) is 2.72. The van der Waals surface area contributed by atoms with Crippen molar-refractivity contribution in [3.63, 3.8) is 0 Å². The first-order chi connectivity index (χ1) is 13.2. The van der Waals surface area contributed by atoms with Crippen LogP contribution >= 0.6 is 0 Å². The van der Waals surface area contributed by atoms with Crippen LogP contribution < -0.4 is 15.2 Å². The lowest BCUT2D eigenvalue weighted by molar-refractivity contribution is -0.140. The van der Waals surface area contributed by atoms with Gasteiger partial charge in [-0.25, -0.2) is 9.69 Å². The van der Waals surface area contributed by atoms with Crippen LogP contribution in [0.2, 0.25) is 0 Å². The highest BCUT2D eigenvalue weighted by molar-refractivity contribution is 6.07. The van der Waals surface area contributed by atoms with Gasteiger partial charge < -0.3 is 25.1 Å². The van der Waals surface area contributed by atoms with Crippen LogP contribution in [0.15, 0.2) is 18.2 Å². The van der Waals surface area contributed by atoms with Crippen molar-refractivity contribution in [3.8, 4) is 11.5 Å². The van der Waals surface area contributed by atoms with Crippen molar-refractivity contribution in [1.82, 2.24) is 4.90 Å². The highest BCUT2D eigenvalue weighted by Crippen LogP contribution is 2.29. The lowest BCUT2D eigenvalue weighted by atomic mass is 9.84. The first kappa shape index (κ1) is 23.4. The summed E-state index contributed by atoms with van der Waals surface area (Å²) in [4.78, 5) is 36.4. The molecular formula is C20H30N2O6. The molecule has 1 aromatic rings. The molecule has 1 aromatic carbocycles. The molecule has 0 aliphatic heterocycles. The molecule has 0 heterocycles. The van der Waals surface area contributed by atoms with Crippen LogP contribution in [-0.4, -0.2) is 53.6 Å². The average Bonchev–Trinajstić information content (AvgIpc) is 2.68. The number of amides is 2. The maximum Gasteiger partial charge on any atom is 0.414 e. The minimum atomic E-state index is -1.87. The number of rotatable bonds is 11. The molecular weight excluding hydrogens is 364 g/mol. The molecule has 0 aromatic heterocycles.